The van der Waals surface area contributed by atoms with E-state index in [0.29, 0.717) is 5.56 Å². The normalized spacial score (nSPS) is 11.6. The Labute approximate surface area is 108 Å². The van der Waals surface area contributed by atoms with Crippen molar-refractivity contribution in [3.8, 4) is 6.07 Å². The molecule has 2 rings (SSSR count). The molecular formula is C13H11F2N3O. The van der Waals surface area contributed by atoms with Gasteiger partial charge < -0.3 is 4.42 Å². The van der Waals surface area contributed by atoms with E-state index in [1.54, 1.807) is 13.8 Å². The maximum absolute atomic E-state index is 14.1. The van der Waals surface area contributed by atoms with Crippen LogP contribution in [-0.4, -0.2) is 10.2 Å². The van der Waals surface area contributed by atoms with Crippen LogP contribution in [0.1, 0.15) is 42.7 Å². The Morgan fingerprint density at radius 1 is 1.21 bits per heavy atom. The summed E-state index contributed by atoms with van der Waals surface area (Å²) in [5.74, 6) is -4.05. The Morgan fingerprint density at radius 2 is 1.84 bits per heavy atom. The minimum atomic E-state index is -3.37. The lowest BCUT2D eigenvalue weighted by Crippen LogP contribution is -2.15. The molecule has 0 saturated carbocycles. The predicted octanol–water partition coefficient (Wildman–Crippen LogP) is 3.20. The zero-order valence-corrected chi connectivity index (χ0v) is 10.4. The minimum absolute atomic E-state index is 0.113. The molecule has 1 aromatic heterocycles. The van der Waals surface area contributed by atoms with Crippen molar-refractivity contribution >= 4 is 0 Å². The van der Waals surface area contributed by atoms with Gasteiger partial charge in [0.1, 0.15) is 0 Å². The second-order valence-corrected chi connectivity index (χ2v) is 4.36. The van der Waals surface area contributed by atoms with Crippen molar-refractivity contribution in [1.82, 2.24) is 10.2 Å². The van der Waals surface area contributed by atoms with Crippen LogP contribution in [0.2, 0.25) is 0 Å². The number of alkyl halides is 2. The molecule has 19 heavy (non-hydrogen) atoms. The van der Waals surface area contributed by atoms with E-state index in [9.17, 15) is 8.78 Å². The van der Waals surface area contributed by atoms with Gasteiger partial charge in [-0.15, -0.1) is 10.2 Å². The Kier molecular flexibility index (Phi) is 3.30. The van der Waals surface area contributed by atoms with Gasteiger partial charge in [0.25, 0.3) is 5.89 Å². The molecule has 0 saturated heterocycles. The highest BCUT2D eigenvalue weighted by Gasteiger charge is 2.40. The Morgan fingerprint density at radius 3 is 2.32 bits per heavy atom. The van der Waals surface area contributed by atoms with Gasteiger partial charge in [-0.3, -0.25) is 0 Å². The molecule has 0 amide bonds. The first-order valence-electron chi connectivity index (χ1n) is 5.67. The van der Waals surface area contributed by atoms with Crippen LogP contribution in [0.15, 0.2) is 28.7 Å². The van der Waals surface area contributed by atoms with Crippen molar-refractivity contribution in [2.24, 2.45) is 0 Å². The summed E-state index contributed by atoms with van der Waals surface area (Å²) in [4.78, 5) is 0. The summed E-state index contributed by atoms with van der Waals surface area (Å²) in [7, 11) is 0. The third-order valence-electron chi connectivity index (χ3n) is 2.58. The number of rotatable bonds is 3. The van der Waals surface area contributed by atoms with E-state index >= 15 is 0 Å². The average molecular weight is 263 g/mol. The SMILES string of the molecule is CC(C)c1nnc(C(F)(F)c2ccc(C#N)cc2)o1. The predicted molar refractivity (Wildman–Crippen MR) is 62.5 cm³/mol. The van der Waals surface area contributed by atoms with Crippen LogP contribution < -0.4 is 0 Å². The number of nitrogens with zero attached hydrogens (tertiary/aromatic N) is 3. The second kappa shape index (κ2) is 4.76. The Balaban J connectivity index is 2.37. The summed E-state index contributed by atoms with van der Waals surface area (Å²) < 4.78 is 33.2. The van der Waals surface area contributed by atoms with E-state index in [1.807, 2.05) is 6.07 Å². The van der Waals surface area contributed by atoms with E-state index in [4.69, 9.17) is 9.68 Å². The molecule has 1 heterocycles. The lowest BCUT2D eigenvalue weighted by atomic mass is 10.1. The van der Waals surface area contributed by atoms with Gasteiger partial charge in [0.05, 0.1) is 11.6 Å². The molecular weight excluding hydrogens is 252 g/mol. The lowest BCUT2D eigenvalue weighted by Gasteiger charge is -2.12. The van der Waals surface area contributed by atoms with Gasteiger partial charge in [0, 0.05) is 11.5 Å². The number of hydrogen-bond acceptors (Lipinski definition) is 4. The summed E-state index contributed by atoms with van der Waals surface area (Å²) in [6.07, 6.45) is 0. The molecule has 0 radical (unpaired) electrons. The van der Waals surface area contributed by atoms with Crippen molar-refractivity contribution < 1.29 is 13.2 Å². The summed E-state index contributed by atoms with van der Waals surface area (Å²) >= 11 is 0. The van der Waals surface area contributed by atoms with Crippen LogP contribution >= 0.6 is 0 Å². The quantitative estimate of drug-likeness (QED) is 0.853. The number of nitriles is 1. The molecule has 4 nitrogen and oxygen atoms in total. The fraction of sp³-hybridized carbons (Fsp3) is 0.308. The summed E-state index contributed by atoms with van der Waals surface area (Å²) in [5, 5.41) is 15.6. The van der Waals surface area contributed by atoms with E-state index < -0.39 is 11.8 Å². The Hall–Kier alpha value is -2.29. The highest BCUT2D eigenvalue weighted by atomic mass is 19.3. The van der Waals surface area contributed by atoms with Crippen LogP contribution in [-0.2, 0) is 5.92 Å². The zero-order valence-electron chi connectivity index (χ0n) is 10.4. The first-order chi connectivity index (χ1) is 8.95. The van der Waals surface area contributed by atoms with Crippen LogP contribution in [0.5, 0.6) is 0 Å². The van der Waals surface area contributed by atoms with Gasteiger partial charge in [0.15, 0.2) is 0 Å². The topological polar surface area (TPSA) is 62.7 Å². The third-order valence-corrected chi connectivity index (χ3v) is 2.58. The number of aromatic nitrogens is 2. The van der Waals surface area contributed by atoms with Crippen molar-refractivity contribution in [3.05, 3.63) is 47.2 Å². The summed E-state index contributed by atoms with van der Waals surface area (Å²) in [6.45, 7) is 3.55. The molecule has 0 unspecified atom stereocenters. The molecule has 0 atom stereocenters. The first kappa shape index (κ1) is 13.1. The van der Waals surface area contributed by atoms with E-state index in [2.05, 4.69) is 10.2 Å². The van der Waals surface area contributed by atoms with E-state index in [1.165, 1.54) is 24.3 Å². The minimum Gasteiger partial charge on any atom is -0.419 e. The van der Waals surface area contributed by atoms with Crippen molar-refractivity contribution in [2.45, 2.75) is 25.7 Å². The molecule has 0 aliphatic rings. The van der Waals surface area contributed by atoms with Crippen LogP contribution in [0.25, 0.3) is 0 Å². The van der Waals surface area contributed by atoms with Gasteiger partial charge in [-0.2, -0.15) is 14.0 Å². The van der Waals surface area contributed by atoms with E-state index in [-0.39, 0.29) is 17.4 Å². The Bertz CT molecular complexity index is 612. The second-order valence-electron chi connectivity index (χ2n) is 4.36. The van der Waals surface area contributed by atoms with Gasteiger partial charge in [0.2, 0.25) is 5.89 Å². The molecule has 2 aromatic rings. The maximum atomic E-state index is 14.1. The van der Waals surface area contributed by atoms with Gasteiger partial charge in [-0.1, -0.05) is 26.0 Å². The molecule has 0 aliphatic carbocycles. The standard InChI is InChI=1S/C13H11F2N3O/c1-8(2)11-17-18-12(19-11)13(14,15)10-5-3-9(7-16)4-6-10/h3-6,8H,1-2H3. The summed E-state index contributed by atoms with van der Waals surface area (Å²) in [5.41, 5.74) is 0.0263. The maximum Gasteiger partial charge on any atom is 0.349 e. The van der Waals surface area contributed by atoms with Crippen molar-refractivity contribution in [2.75, 3.05) is 0 Å². The highest BCUT2D eigenvalue weighted by Crippen LogP contribution is 2.35. The van der Waals surface area contributed by atoms with Gasteiger partial charge in [-0.05, 0) is 12.1 Å². The van der Waals surface area contributed by atoms with Crippen LogP contribution in [0, 0.1) is 11.3 Å². The van der Waals surface area contributed by atoms with Crippen LogP contribution in [0.3, 0.4) is 0 Å². The molecule has 0 spiro atoms. The molecule has 0 fully saturated rings. The average Bonchev–Trinajstić information content (AvgIpc) is 2.89. The molecule has 0 bridgehead atoms. The molecule has 0 N–H and O–H groups in total. The first-order valence-corrected chi connectivity index (χ1v) is 5.67. The molecule has 1 aromatic carbocycles. The number of benzene rings is 1. The monoisotopic (exact) mass is 263 g/mol. The fourth-order valence-electron chi connectivity index (χ4n) is 1.47. The van der Waals surface area contributed by atoms with Gasteiger partial charge in [-0.25, -0.2) is 0 Å². The molecule has 98 valence electrons. The van der Waals surface area contributed by atoms with Crippen molar-refractivity contribution in [1.29, 1.82) is 5.26 Å². The van der Waals surface area contributed by atoms with Crippen LogP contribution in [0.4, 0.5) is 8.78 Å². The molecule has 6 heteroatoms. The fourth-order valence-corrected chi connectivity index (χ4v) is 1.47. The zero-order chi connectivity index (χ0) is 14.0. The number of halogens is 2. The largest absolute Gasteiger partial charge is 0.419 e. The number of hydrogen-bond donors (Lipinski definition) is 0. The summed E-state index contributed by atoms with van der Waals surface area (Å²) in [6, 6.07) is 6.87. The smallest absolute Gasteiger partial charge is 0.349 e. The lowest BCUT2D eigenvalue weighted by molar-refractivity contribution is 0.0118. The third kappa shape index (κ3) is 2.45. The van der Waals surface area contributed by atoms with Crippen molar-refractivity contribution in [3.63, 3.8) is 0 Å². The van der Waals surface area contributed by atoms with Gasteiger partial charge >= 0.3 is 5.92 Å². The molecule has 0 aliphatic heterocycles. The highest BCUT2D eigenvalue weighted by molar-refractivity contribution is 5.35. The van der Waals surface area contributed by atoms with E-state index in [0.717, 1.165) is 0 Å².